The number of hydrogen-bond donors (Lipinski definition) is 3. The second-order valence-electron chi connectivity index (χ2n) is 10.1. The molecule has 2 atom stereocenters. The molecule has 37 heavy (non-hydrogen) atoms. The number of carbonyl (C=O) groups is 2. The van der Waals surface area contributed by atoms with Crippen LogP contribution in [0.25, 0.3) is 0 Å². The molecule has 3 rings (SSSR count). The van der Waals surface area contributed by atoms with Crippen LogP contribution in [-0.4, -0.2) is 67.7 Å². The van der Waals surface area contributed by atoms with Crippen molar-refractivity contribution in [3.05, 3.63) is 60.2 Å². The van der Waals surface area contributed by atoms with Gasteiger partial charge in [-0.1, -0.05) is 50.6 Å². The zero-order chi connectivity index (χ0) is 26.5. The third kappa shape index (κ3) is 9.87. The molecular weight excluding hydrogens is 469 g/mol. The van der Waals surface area contributed by atoms with Gasteiger partial charge in [-0.3, -0.25) is 14.6 Å². The van der Waals surface area contributed by atoms with Gasteiger partial charge in [0.05, 0.1) is 12.1 Å². The highest BCUT2D eigenvalue weighted by molar-refractivity contribution is 6.47. The lowest BCUT2D eigenvalue weighted by atomic mass is 9.72. The van der Waals surface area contributed by atoms with Crippen LogP contribution in [0.1, 0.15) is 55.6 Å². The van der Waals surface area contributed by atoms with Crippen LogP contribution >= 0.6 is 0 Å². The Hall–Kier alpha value is -2.82. The molecule has 1 fully saturated rings. The van der Waals surface area contributed by atoms with E-state index in [1.54, 1.807) is 0 Å². The standard InChI is InChI=1S/C27H40BN5O4/c1-20(2)15-25(28-36-18-22(19-37-28)11-7-8-12-29-3)33-26(34)23(16-21-9-5-4-6-10-21)32-27(35)24-17-30-13-14-31-24/h4-6,9-10,13-14,17,20,22-23,25,29H,7-8,11-12,15-16,18-19H2,1-3H3,(H,32,35)(H,33,34)/t23?,25-/m0/s1. The normalized spacial score (nSPS) is 15.8. The second kappa shape index (κ2) is 15.4. The number of hydrogen-bond acceptors (Lipinski definition) is 7. The van der Waals surface area contributed by atoms with Crippen molar-refractivity contribution in [2.24, 2.45) is 11.8 Å². The number of aromatic nitrogens is 2. The summed E-state index contributed by atoms with van der Waals surface area (Å²) in [6, 6.07) is 8.82. The number of nitrogens with one attached hydrogen (secondary N) is 3. The summed E-state index contributed by atoms with van der Waals surface area (Å²) >= 11 is 0. The molecular formula is C27H40BN5O4. The number of rotatable bonds is 14. The highest BCUT2D eigenvalue weighted by atomic mass is 16.6. The largest absolute Gasteiger partial charge is 0.480 e. The molecule has 0 bridgehead atoms. The molecule has 200 valence electrons. The molecule has 0 spiro atoms. The van der Waals surface area contributed by atoms with Crippen LogP contribution in [0.3, 0.4) is 0 Å². The molecule has 0 radical (unpaired) electrons. The molecule has 2 heterocycles. The van der Waals surface area contributed by atoms with Crippen molar-refractivity contribution in [1.82, 2.24) is 25.9 Å². The van der Waals surface area contributed by atoms with E-state index in [-0.39, 0.29) is 17.5 Å². The van der Waals surface area contributed by atoms with Crippen molar-refractivity contribution in [1.29, 1.82) is 0 Å². The molecule has 2 aromatic rings. The zero-order valence-electron chi connectivity index (χ0n) is 22.2. The number of carbonyl (C=O) groups excluding carboxylic acids is 2. The summed E-state index contributed by atoms with van der Waals surface area (Å²) in [7, 11) is 1.44. The van der Waals surface area contributed by atoms with E-state index in [0.717, 1.165) is 31.4 Å². The third-order valence-electron chi connectivity index (χ3n) is 6.36. The molecule has 1 aliphatic heterocycles. The van der Waals surface area contributed by atoms with Crippen LogP contribution in [0.15, 0.2) is 48.9 Å². The molecule has 0 aliphatic carbocycles. The Kier molecular flexibility index (Phi) is 12.0. The summed E-state index contributed by atoms with van der Waals surface area (Å²) in [4.78, 5) is 34.4. The molecule has 2 amide bonds. The van der Waals surface area contributed by atoms with E-state index in [1.807, 2.05) is 37.4 Å². The number of nitrogens with zero attached hydrogens (tertiary/aromatic N) is 2. The number of unbranched alkanes of at least 4 members (excludes halogenated alkanes) is 1. The first kappa shape index (κ1) is 28.8. The van der Waals surface area contributed by atoms with Crippen molar-refractivity contribution in [3.8, 4) is 0 Å². The Balaban J connectivity index is 1.65. The van der Waals surface area contributed by atoms with Crippen molar-refractivity contribution in [3.63, 3.8) is 0 Å². The predicted molar refractivity (Wildman–Crippen MR) is 144 cm³/mol. The maximum atomic E-state index is 13.5. The van der Waals surface area contributed by atoms with Gasteiger partial charge in [-0.2, -0.15) is 0 Å². The lowest BCUT2D eigenvalue weighted by molar-refractivity contribution is -0.123. The van der Waals surface area contributed by atoms with Crippen molar-refractivity contribution in [2.45, 2.75) is 57.9 Å². The summed E-state index contributed by atoms with van der Waals surface area (Å²) in [5.41, 5.74) is 1.10. The van der Waals surface area contributed by atoms with Crippen LogP contribution in [0.4, 0.5) is 0 Å². The molecule has 10 heteroatoms. The minimum absolute atomic E-state index is 0.159. The Labute approximate surface area is 220 Å². The fourth-order valence-corrected chi connectivity index (χ4v) is 4.43. The maximum absolute atomic E-state index is 13.5. The SMILES string of the molecule is CNCCCCC1COB([C@H](CC(C)C)NC(=O)C(Cc2ccccc2)NC(=O)c2cnccn2)OC1. The van der Waals surface area contributed by atoms with Gasteiger partial charge in [0.15, 0.2) is 0 Å². The van der Waals surface area contributed by atoms with Gasteiger partial charge < -0.3 is 25.3 Å². The summed E-state index contributed by atoms with van der Waals surface area (Å²) < 4.78 is 12.2. The van der Waals surface area contributed by atoms with E-state index in [2.05, 4.69) is 39.8 Å². The Morgan fingerprint density at radius 2 is 1.84 bits per heavy atom. The van der Waals surface area contributed by atoms with Gasteiger partial charge in [-0.05, 0) is 44.3 Å². The predicted octanol–water partition coefficient (Wildman–Crippen LogP) is 2.43. The lowest BCUT2D eigenvalue weighted by Gasteiger charge is -2.33. The van der Waals surface area contributed by atoms with Crippen LogP contribution in [0.2, 0.25) is 0 Å². The van der Waals surface area contributed by atoms with Crippen molar-refractivity contribution < 1.29 is 18.9 Å². The Morgan fingerprint density at radius 1 is 1.08 bits per heavy atom. The third-order valence-corrected chi connectivity index (χ3v) is 6.36. The summed E-state index contributed by atoms with van der Waals surface area (Å²) in [6.07, 6.45) is 8.68. The lowest BCUT2D eigenvalue weighted by Crippen LogP contribution is -2.57. The van der Waals surface area contributed by atoms with Gasteiger partial charge in [0.25, 0.3) is 5.91 Å². The fourth-order valence-electron chi connectivity index (χ4n) is 4.43. The number of amides is 2. The summed E-state index contributed by atoms with van der Waals surface area (Å²) in [5, 5.41) is 9.14. The minimum atomic E-state index is -0.796. The van der Waals surface area contributed by atoms with Crippen LogP contribution in [0.5, 0.6) is 0 Å². The molecule has 9 nitrogen and oxygen atoms in total. The first-order valence-electron chi connectivity index (χ1n) is 13.2. The fraction of sp³-hybridized carbons (Fsp3) is 0.556. The zero-order valence-corrected chi connectivity index (χ0v) is 22.2. The van der Waals surface area contributed by atoms with Crippen LogP contribution in [-0.2, 0) is 20.5 Å². The molecule has 1 aromatic heterocycles. The molecule has 1 aromatic carbocycles. The molecule has 3 N–H and O–H groups in total. The first-order chi connectivity index (χ1) is 18.0. The van der Waals surface area contributed by atoms with Crippen LogP contribution < -0.4 is 16.0 Å². The van der Waals surface area contributed by atoms with Gasteiger partial charge in [0.1, 0.15) is 11.7 Å². The van der Waals surface area contributed by atoms with E-state index >= 15 is 0 Å². The Bertz CT molecular complexity index is 942. The second-order valence-corrected chi connectivity index (χ2v) is 10.1. The van der Waals surface area contributed by atoms with Gasteiger partial charge in [0.2, 0.25) is 5.91 Å². The van der Waals surface area contributed by atoms with E-state index in [9.17, 15) is 9.59 Å². The highest BCUT2D eigenvalue weighted by Gasteiger charge is 2.38. The van der Waals surface area contributed by atoms with Crippen molar-refractivity contribution in [2.75, 3.05) is 26.8 Å². The number of benzene rings is 1. The topological polar surface area (TPSA) is 114 Å². The van der Waals surface area contributed by atoms with E-state index in [1.165, 1.54) is 18.6 Å². The molecule has 0 saturated carbocycles. The monoisotopic (exact) mass is 509 g/mol. The average molecular weight is 509 g/mol. The van der Waals surface area contributed by atoms with Gasteiger partial charge in [-0.15, -0.1) is 0 Å². The molecule has 1 unspecified atom stereocenters. The average Bonchev–Trinajstić information content (AvgIpc) is 2.91. The van der Waals surface area contributed by atoms with Crippen LogP contribution in [0, 0.1) is 11.8 Å². The maximum Gasteiger partial charge on any atom is 0.480 e. The van der Waals surface area contributed by atoms with E-state index in [4.69, 9.17) is 9.31 Å². The molecule has 1 aliphatic rings. The molecule has 1 saturated heterocycles. The summed E-state index contributed by atoms with van der Waals surface area (Å²) in [5.74, 6) is -0.382. The highest BCUT2D eigenvalue weighted by Crippen LogP contribution is 2.20. The minimum Gasteiger partial charge on any atom is -0.409 e. The van der Waals surface area contributed by atoms with Gasteiger partial charge in [-0.25, -0.2) is 4.98 Å². The van der Waals surface area contributed by atoms with Crippen molar-refractivity contribution >= 4 is 18.9 Å². The Morgan fingerprint density at radius 3 is 2.49 bits per heavy atom. The van der Waals surface area contributed by atoms with E-state index < -0.39 is 19.1 Å². The van der Waals surface area contributed by atoms with E-state index in [0.29, 0.717) is 37.9 Å². The summed E-state index contributed by atoms with van der Waals surface area (Å²) in [6.45, 7) is 6.45. The quantitative estimate of drug-likeness (QED) is 0.265. The first-order valence-corrected chi connectivity index (χ1v) is 13.2. The van der Waals surface area contributed by atoms with Gasteiger partial charge in [0, 0.05) is 37.9 Å². The van der Waals surface area contributed by atoms with Gasteiger partial charge >= 0.3 is 7.12 Å². The smallest absolute Gasteiger partial charge is 0.409 e.